The van der Waals surface area contributed by atoms with E-state index in [0.29, 0.717) is 5.92 Å². The van der Waals surface area contributed by atoms with Gasteiger partial charge in [0.15, 0.2) is 0 Å². The van der Waals surface area contributed by atoms with Crippen LogP contribution < -0.4 is 10.2 Å². The monoisotopic (exact) mass is 291 g/mol. The van der Waals surface area contributed by atoms with Gasteiger partial charge in [-0.25, -0.2) is 4.98 Å². The third-order valence-electron chi connectivity index (χ3n) is 3.35. The van der Waals surface area contributed by atoms with E-state index in [4.69, 9.17) is 4.98 Å². The van der Waals surface area contributed by atoms with Crippen LogP contribution in [0.4, 0.5) is 5.82 Å². The SMILES string of the molecule is CCN(C)c1ccc2c(n1)C(C)CNCC2.Cl.Cl. The molecule has 0 aromatic carbocycles. The normalized spacial score (nSPS) is 17.8. The summed E-state index contributed by atoms with van der Waals surface area (Å²) in [5.74, 6) is 1.61. The maximum atomic E-state index is 4.81. The first-order chi connectivity index (χ1) is 7.72. The second-order valence-corrected chi connectivity index (χ2v) is 4.58. The van der Waals surface area contributed by atoms with Crippen LogP contribution in [0.5, 0.6) is 0 Å². The van der Waals surface area contributed by atoms with Crippen molar-refractivity contribution in [2.45, 2.75) is 26.2 Å². The number of hydrogen-bond acceptors (Lipinski definition) is 3. The molecule has 1 aromatic rings. The van der Waals surface area contributed by atoms with Gasteiger partial charge < -0.3 is 10.2 Å². The molecule has 2 rings (SSSR count). The summed E-state index contributed by atoms with van der Waals surface area (Å²) in [6.45, 7) is 7.51. The molecule has 0 aliphatic carbocycles. The Bertz CT molecular complexity index is 371. The maximum absolute atomic E-state index is 4.81. The predicted molar refractivity (Wildman–Crippen MR) is 82.7 cm³/mol. The largest absolute Gasteiger partial charge is 0.360 e. The standard InChI is InChI=1S/C13H21N3.2ClH/c1-4-16(3)12-6-5-11-7-8-14-9-10(2)13(11)15-12;;/h5-6,10,14H,4,7-9H2,1-3H3;2*1H. The van der Waals surface area contributed by atoms with Crippen LogP contribution in [0.15, 0.2) is 12.1 Å². The molecule has 18 heavy (non-hydrogen) atoms. The third kappa shape index (κ3) is 3.74. The fourth-order valence-electron chi connectivity index (χ4n) is 2.14. The number of pyridine rings is 1. The summed E-state index contributed by atoms with van der Waals surface area (Å²) in [6, 6.07) is 4.38. The third-order valence-corrected chi connectivity index (χ3v) is 3.35. The van der Waals surface area contributed by atoms with Crippen molar-refractivity contribution < 1.29 is 0 Å². The number of anilines is 1. The molecule has 1 aromatic heterocycles. The van der Waals surface area contributed by atoms with Crippen LogP contribution in [-0.2, 0) is 6.42 Å². The number of aromatic nitrogens is 1. The molecule has 1 unspecified atom stereocenters. The van der Waals surface area contributed by atoms with Crippen LogP contribution in [0.25, 0.3) is 0 Å². The molecule has 2 heterocycles. The highest BCUT2D eigenvalue weighted by Gasteiger charge is 2.16. The van der Waals surface area contributed by atoms with E-state index in [1.165, 1.54) is 11.3 Å². The van der Waals surface area contributed by atoms with E-state index in [2.05, 4.69) is 43.2 Å². The highest BCUT2D eigenvalue weighted by molar-refractivity contribution is 5.85. The lowest BCUT2D eigenvalue weighted by atomic mass is 10.0. The Kier molecular flexibility index (Phi) is 7.60. The number of hydrogen-bond donors (Lipinski definition) is 1. The molecule has 0 saturated heterocycles. The molecule has 0 bridgehead atoms. The summed E-state index contributed by atoms with van der Waals surface area (Å²) in [4.78, 5) is 7.00. The van der Waals surface area contributed by atoms with E-state index >= 15 is 0 Å². The Morgan fingerprint density at radius 3 is 2.78 bits per heavy atom. The number of nitrogens with one attached hydrogen (secondary N) is 1. The van der Waals surface area contributed by atoms with E-state index in [9.17, 15) is 0 Å². The van der Waals surface area contributed by atoms with Gasteiger partial charge >= 0.3 is 0 Å². The summed E-state index contributed by atoms with van der Waals surface area (Å²) >= 11 is 0. The highest BCUT2D eigenvalue weighted by Crippen LogP contribution is 2.23. The number of nitrogens with zero attached hydrogens (tertiary/aromatic N) is 2. The smallest absolute Gasteiger partial charge is 0.128 e. The van der Waals surface area contributed by atoms with Crippen LogP contribution in [0.2, 0.25) is 0 Å². The first-order valence-corrected chi connectivity index (χ1v) is 6.14. The zero-order valence-corrected chi connectivity index (χ0v) is 12.9. The van der Waals surface area contributed by atoms with Crippen molar-refractivity contribution in [2.75, 3.05) is 31.6 Å². The molecule has 0 amide bonds. The molecule has 1 aliphatic rings. The van der Waals surface area contributed by atoms with Gasteiger partial charge in [-0.2, -0.15) is 0 Å². The van der Waals surface area contributed by atoms with E-state index in [0.717, 1.165) is 31.9 Å². The average Bonchev–Trinajstić information content (AvgIpc) is 2.50. The van der Waals surface area contributed by atoms with E-state index in [-0.39, 0.29) is 24.8 Å². The van der Waals surface area contributed by atoms with Crippen LogP contribution >= 0.6 is 24.8 Å². The zero-order chi connectivity index (χ0) is 11.5. The lowest BCUT2D eigenvalue weighted by molar-refractivity contribution is 0.635. The fraction of sp³-hybridized carbons (Fsp3) is 0.615. The molecule has 104 valence electrons. The molecule has 5 heteroatoms. The summed E-state index contributed by atoms with van der Waals surface area (Å²) in [5, 5.41) is 3.45. The van der Waals surface area contributed by atoms with Crippen molar-refractivity contribution in [1.82, 2.24) is 10.3 Å². The summed E-state index contributed by atoms with van der Waals surface area (Å²) in [7, 11) is 2.09. The van der Waals surface area contributed by atoms with Gasteiger partial charge in [0.05, 0.1) is 5.69 Å². The second kappa shape index (κ2) is 7.82. The molecule has 1 atom stereocenters. The van der Waals surface area contributed by atoms with Crippen LogP contribution in [0, 0.1) is 0 Å². The van der Waals surface area contributed by atoms with Crippen molar-refractivity contribution in [2.24, 2.45) is 0 Å². The van der Waals surface area contributed by atoms with Crippen molar-refractivity contribution in [1.29, 1.82) is 0 Å². The molecule has 1 N–H and O–H groups in total. The first kappa shape index (κ1) is 17.5. The quantitative estimate of drug-likeness (QED) is 0.908. The second-order valence-electron chi connectivity index (χ2n) is 4.58. The molecular formula is C13H23Cl2N3. The van der Waals surface area contributed by atoms with Crippen molar-refractivity contribution in [3.05, 3.63) is 23.4 Å². The Labute approximate surface area is 122 Å². The Balaban J connectivity index is 0.00000144. The van der Waals surface area contributed by atoms with Crippen molar-refractivity contribution >= 4 is 30.6 Å². The number of fused-ring (bicyclic) bond motifs is 1. The zero-order valence-electron chi connectivity index (χ0n) is 11.3. The molecule has 0 radical (unpaired) electrons. The summed E-state index contributed by atoms with van der Waals surface area (Å²) in [6.07, 6.45) is 1.10. The molecule has 0 spiro atoms. The molecular weight excluding hydrogens is 269 g/mol. The van der Waals surface area contributed by atoms with Crippen molar-refractivity contribution in [3.63, 3.8) is 0 Å². The van der Waals surface area contributed by atoms with Gasteiger partial charge in [0.25, 0.3) is 0 Å². The molecule has 3 nitrogen and oxygen atoms in total. The Morgan fingerprint density at radius 1 is 1.39 bits per heavy atom. The molecule has 0 fully saturated rings. The maximum Gasteiger partial charge on any atom is 0.128 e. The van der Waals surface area contributed by atoms with Gasteiger partial charge in [-0.3, -0.25) is 0 Å². The van der Waals surface area contributed by atoms with Gasteiger partial charge in [0.2, 0.25) is 0 Å². The van der Waals surface area contributed by atoms with E-state index in [1.54, 1.807) is 0 Å². The Hall–Kier alpha value is -0.510. The minimum atomic E-state index is 0. The van der Waals surface area contributed by atoms with Crippen LogP contribution in [0.1, 0.15) is 31.0 Å². The summed E-state index contributed by atoms with van der Waals surface area (Å²) < 4.78 is 0. The Morgan fingerprint density at radius 2 is 2.11 bits per heavy atom. The van der Waals surface area contributed by atoms with Gasteiger partial charge in [-0.15, -0.1) is 24.8 Å². The predicted octanol–water partition coefficient (Wildman–Crippen LogP) is 2.63. The lowest BCUT2D eigenvalue weighted by Gasteiger charge is -2.19. The van der Waals surface area contributed by atoms with Gasteiger partial charge in [0, 0.05) is 26.1 Å². The van der Waals surface area contributed by atoms with Gasteiger partial charge in [0.1, 0.15) is 5.82 Å². The van der Waals surface area contributed by atoms with Crippen molar-refractivity contribution in [3.8, 4) is 0 Å². The lowest BCUT2D eigenvalue weighted by Crippen LogP contribution is -2.20. The fourth-order valence-corrected chi connectivity index (χ4v) is 2.14. The van der Waals surface area contributed by atoms with Gasteiger partial charge in [-0.1, -0.05) is 13.0 Å². The minimum Gasteiger partial charge on any atom is -0.360 e. The average molecular weight is 292 g/mol. The van der Waals surface area contributed by atoms with E-state index in [1.807, 2.05) is 0 Å². The van der Waals surface area contributed by atoms with Crippen LogP contribution in [-0.4, -0.2) is 31.7 Å². The number of halogens is 2. The number of rotatable bonds is 2. The molecule has 1 aliphatic heterocycles. The van der Waals surface area contributed by atoms with E-state index < -0.39 is 0 Å². The topological polar surface area (TPSA) is 28.2 Å². The first-order valence-electron chi connectivity index (χ1n) is 6.14. The van der Waals surface area contributed by atoms with Crippen LogP contribution in [0.3, 0.4) is 0 Å². The highest BCUT2D eigenvalue weighted by atomic mass is 35.5. The minimum absolute atomic E-state index is 0. The summed E-state index contributed by atoms with van der Waals surface area (Å²) in [5.41, 5.74) is 2.69. The molecule has 0 saturated carbocycles. The van der Waals surface area contributed by atoms with Gasteiger partial charge in [-0.05, 0) is 31.5 Å².